The first-order valence-corrected chi connectivity index (χ1v) is 6.96. The minimum Gasteiger partial charge on any atom is -0.512 e. The molecule has 0 heterocycles. The molecule has 0 aromatic heterocycles. The number of esters is 2. The van der Waals surface area contributed by atoms with Gasteiger partial charge >= 0.3 is 11.9 Å². The Balaban J connectivity index is 3.61. The Morgan fingerprint density at radius 3 is 1.96 bits per heavy atom. The van der Waals surface area contributed by atoms with Gasteiger partial charge in [-0.25, -0.2) is 4.79 Å². The van der Waals surface area contributed by atoms with Crippen LogP contribution in [-0.2, 0) is 23.9 Å². The Morgan fingerprint density at radius 2 is 1.57 bits per heavy atom. The minimum atomic E-state index is -1.27. The smallest absolute Gasteiger partial charge is 0.337 e. The predicted molar refractivity (Wildman–Crippen MR) is 82.7 cm³/mol. The van der Waals surface area contributed by atoms with Crippen molar-refractivity contribution < 1.29 is 29.0 Å². The molecule has 0 saturated heterocycles. The number of ether oxygens (including phenoxy) is 2. The highest BCUT2D eigenvalue weighted by Gasteiger charge is 2.40. The van der Waals surface area contributed by atoms with Crippen molar-refractivity contribution in [3.63, 3.8) is 0 Å². The Labute approximate surface area is 134 Å². The molecule has 0 fully saturated rings. The van der Waals surface area contributed by atoms with Crippen LogP contribution in [0.2, 0.25) is 0 Å². The fourth-order valence-corrected chi connectivity index (χ4v) is 2.46. The largest absolute Gasteiger partial charge is 0.512 e. The summed E-state index contributed by atoms with van der Waals surface area (Å²) in [6, 6.07) is 8.50. The molecule has 6 nitrogen and oxygen atoms in total. The average Bonchev–Trinajstić information content (AvgIpc) is 2.53. The van der Waals surface area contributed by atoms with E-state index in [0.29, 0.717) is 5.56 Å². The van der Waals surface area contributed by atoms with Crippen molar-refractivity contribution in [2.24, 2.45) is 5.92 Å². The molecule has 1 aromatic carbocycles. The standard InChI is InChI=1S/C17H20O6/c1-10(18)13(16(20)22-3)15(12-8-6-5-7-9-12)14(11(2)19)17(21)23-4/h5-9,13,15,19H,1-4H3. The number of ketones is 1. The van der Waals surface area contributed by atoms with Gasteiger partial charge in [0.2, 0.25) is 0 Å². The van der Waals surface area contributed by atoms with Gasteiger partial charge in [0.1, 0.15) is 17.5 Å². The molecule has 2 atom stereocenters. The zero-order chi connectivity index (χ0) is 17.6. The van der Waals surface area contributed by atoms with E-state index in [9.17, 15) is 19.5 Å². The zero-order valence-electron chi connectivity index (χ0n) is 13.5. The van der Waals surface area contributed by atoms with E-state index >= 15 is 0 Å². The number of allylic oxidation sites excluding steroid dienone is 1. The molecule has 0 spiro atoms. The number of carbonyl (C=O) groups is 3. The Bertz CT molecular complexity index is 613. The van der Waals surface area contributed by atoms with Crippen molar-refractivity contribution in [2.75, 3.05) is 14.2 Å². The number of carbonyl (C=O) groups excluding carboxylic acids is 3. The summed E-state index contributed by atoms with van der Waals surface area (Å²) in [5, 5.41) is 9.95. The van der Waals surface area contributed by atoms with E-state index in [4.69, 9.17) is 9.47 Å². The van der Waals surface area contributed by atoms with Gasteiger partial charge in [-0.2, -0.15) is 0 Å². The zero-order valence-corrected chi connectivity index (χ0v) is 13.5. The molecule has 1 aromatic rings. The third-order valence-electron chi connectivity index (χ3n) is 3.49. The number of benzene rings is 1. The number of hydrogen-bond donors (Lipinski definition) is 1. The molecule has 2 unspecified atom stereocenters. The molecular weight excluding hydrogens is 300 g/mol. The fourth-order valence-electron chi connectivity index (χ4n) is 2.46. The van der Waals surface area contributed by atoms with E-state index in [1.54, 1.807) is 30.3 Å². The van der Waals surface area contributed by atoms with Gasteiger partial charge in [0.15, 0.2) is 0 Å². The molecule has 6 heteroatoms. The summed E-state index contributed by atoms with van der Waals surface area (Å²) in [6.45, 7) is 2.54. The van der Waals surface area contributed by atoms with Crippen molar-refractivity contribution >= 4 is 17.7 Å². The molecule has 1 N–H and O–H groups in total. The van der Waals surface area contributed by atoms with Crippen LogP contribution < -0.4 is 0 Å². The van der Waals surface area contributed by atoms with Gasteiger partial charge in [0.25, 0.3) is 0 Å². The highest BCUT2D eigenvalue weighted by molar-refractivity contribution is 6.02. The summed E-state index contributed by atoms with van der Waals surface area (Å²) in [7, 11) is 2.32. The van der Waals surface area contributed by atoms with E-state index in [-0.39, 0.29) is 11.3 Å². The topological polar surface area (TPSA) is 89.9 Å². The molecule has 0 aliphatic heterocycles. The van der Waals surface area contributed by atoms with Crippen LogP contribution in [0.25, 0.3) is 0 Å². The van der Waals surface area contributed by atoms with E-state index in [1.807, 2.05) is 0 Å². The van der Waals surface area contributed by atoms with Crippen LogP contribution in [-0.4, -0.2) is 37.0 Å². The van der Waals surface area contributed by atoms with Gasteiger partial charge in [-0.1, -0.05) is 30.3 Å². The highest BCUT2D eigenvalue weighted by atomic mass is 16.5. The van der Waals surface area contributed by atoms with E-state index in [0.717, 1.165) is 14.2 Å². The number of aliphatic hydroxyl groups is 1. The summed E-state index contributed by atoms with van der Waals surface area (Å²) in [5.41, 5.74) is 0.371. The van der Waals surface area contributed by atoms with Crippen LogP contribution >= 0.6 is 0 Å². The molecular formula is C17H20O6. The second-order valence-corrected chi connectivity index (χ2v) is 4.99. The van der Waals surface area contributed by atoms with E-state index < -0.39 is 29.6 Å². The van der Waals surface area contributed by atoms with Crippen molar-refractivity contribution in [1.29, 1.82) is 0 Å². The minimum absolute atomic E-state index is 0.149. The first kappa shape index (κ1) is 18.4. The summed E-state index contributed by atoms with van der Waals surface area (Å²) < 4.78 is 9.40. The van der Waals surface area contributed by atoms with Crippen LogP contribution in [0.4, 0.5) is 0 Å². The second-order valence-electron chi connectivity index (χ2n) is 4.99. The lowest BCUT2D eigenvalue weighted by Crippen LogP contribution is -2.33. The first-order chi connectivity index (χ1) is 10.8. The molecule has 0 saturated carbocycles. The lowest BCUT2D eigenvalue weighted by molar-refractivity contribution is -0.149. The highest BCUT2D eigenvalue weighted by Crippen LogP contribution is 2.35. The molecule has 23 heavy (non-hydrogen) atoms. The number of hydrogen-bond acceptors (Lipinski definition) is 6. The van der Waals surface area contributed by atoms with E-state index in [1.165, 1.54) is 13.8 Å². The maximum Gasteiger partial charge on any atom is 0.337 e. The van der Waals surface area contributed by atoms with Crippen LogP contribution in [0.1, 0.15) is 25.3 Å². The maximum atomic E-state index is 12.1. The quantitative estimate of drug-likeness (QED) is 0.374. The summed E-state index contributed by atoms with van der Waals surface area (Å²) >= 11 is 0. The fraction of sp³-hybridized carbons (Fsp3) is 0.353. The Hall–Kier alpha value is -2.63. The van der Waals surface area contributed by atoms with Crippen LogP contribution in [0.5, 0.6) is 0 Å². The maximum absolute atomic E-state index is 12.1. The Morgan fingerprint density at radius 1 is 1.00 bits per heavy atom. The van der Waals surface area contributed by atoms with Gasteiger partial charge in [-0.15, -0.1) is 0 Å². The normalized spacial score (nSPS) is 14.3. The average molecular weight is 320 g/mol. The summed E-state index contributed by atoms with van der Waals surface area (Å²) in [5.74, 6) is -4.66. The Kier molecular flexibility index (Phi) is 6.50. The molecule has 0 bridgehead atoms. The number of aliphatic hydroxyl groups excluding tert-OH is 1. The number of methoxy groups -OCH3 is 2. The second kappa shape index (κ2) is 8.12. The van der Waals surface area contributed by atoms with Crippen LogP contribution in [0, 0.1) is 5.92 Å². The molecule has 0 aliphatic carbocycles. The van der Waals surface area contributed by atoms with Crippen molar-refractivity contribution in [3.8, 4) is 0 Å². The lowest BCUT2D eigenvalue weighted by Gasteiger charge is -2.25. The van der Waals surface area contributed by atoms with Gasteiger partial charge in [0.05, 0.1) is 19.8 Å². The monoisotopic (exact) mass is 320 g/mol. The van der Waals surface area contributed by atoms with Gasteiger partial charge in [0, 0.05) is 5.92 Å². The van der Waals surface area contributed by atoms with Gasteiger partial charge in [-0.05, 0) is 19.4 Å². The SMILES string of the molecule is COC(=O)C(=C(C)O)C(c1ccccc1)C(C(C)=O)C(=O)OC. The summed E-state index contributed by atoms with van der Waals surface area (Å²) in [4.78, 5) is 36.2. The lowest BCUT2D eigenvalue weighted by atomic mass is 9.78. The first-order valence-electron chi connectivity index (χ1n) is 6.96. The molecule has 0 radical (unpaired) electrons. The van der Waals surface area contributed by atoms with Crippen molar-refractivity contribution in [1.82, 2.24) is 0 Å². The molecule has 124 valence electrons. The molecule has 0 amide bonds. The van der Waals surface area contributed by atoms with Crippen LogP contribution in [0.3, 0.4) is 0 Å². The molecule has 0 aliphatic rings. The van der Waals surface area contributed by atoms with E-state index in [2.05, 4.69) is 0 Å². The number of rotatable bonds is 6. The summed E-state index contributed by atoms with van der Waals surface area (Å²) in [6.07, 6.45) is 0. The van der Waals surface area contributed by atoms with Gasteiger partial charge in [-0.3, -0.25) is 9.59 Å². The number of Topliss-reactive ketones (excluding diaryl/α,β-unsaturated/α-hetero) is 1. The third-order valence-corrected chi connectivity index (χ3v) is 3.49. The van der Waals surface area contributed by atoms with Crippen molar-refractivity contribution in [3.05, 3.63) is 47.2 Å². The molecule has 1 rings (SSSR count). The third kappa shape index (κ3) is 4.18. The van der Waals surface area contributed by atoms with Gasteiger partial charge < -0.3 is 14.6 Å². The van der Waals surface area contributed by atoms with Crippen LogP contribution in [0.15, 0.2) is 41.7 Å². The predicted octanol–water partition coefficient (Wildman–Crippen LogP) is 2.15. The van der Waals surface area contributed by atoms with Crippen molar-refractivity contribution in [2.45, 2.75) is 19.8 Å².